The van der Waals surface area contributed by atoms with Gasteiger partial charge >= 0.3 is 12.1 Å². The van der Waals surface area contributed by atoms with Crippen molar-refractivity contribution in [3.05, 3.63) is 35.4 Å². The number of carboxylic acid groups (broad SMARTS) is 2. The molecule has 0 unspecified atom stereocenters. The van der Waals surface area contributed by atoms with E-state index < -0.39 is 24.2 Å². The molecule has 0 saturated carbocycles. The summed E-state index contributed by atoms with van der Waals surface area (Å²) in [5, 5.41) is 27.8. The normalized spacial score (nSPS) is 23.0. The van der Waals surface area contributed by atoms with E-state index in [1.165, 1.54) is 6.07 Å². The van der Waals surface area contributed by atoms with Gasteiger partial charge in [-0.15, -0.1) is 0 Å². The monoisotopic (exact) mass is 237 g/mol. The van der Waals surface area contributed by atoms with E-state index in [0.717, 1.165) is 4.90 Å². The fraction of sp³-hybridized carbons (Fsp3) is 0.273. The molecule has 6 heteroatoms. The molecule has 2 rings (SSSR count). The van der Waals surface area contributed by atoms with Crippen molar-refractivity contribution in [2.75, 3.05) is 6.54 Å². The average Bonchev–Trinajstić information content (AvgIpc) is 2.28. The zero-order chi connectivity index (χ0) is 12.6. The lowest BCUT2D eigenvalue weighted by molar-refractivity contribution is -0.144. The van der Waals surface area contributed by atoms with Crippen molar-refractivity contribution >= 4 is 12.1 Å². The Morgan fingerprint density at radius 2 is 1.76 bits per heavy atom. The largest absolute Gasteiger partial charge is 0.479 e. The number of benzene rings is 1. The highest BCUT2D eigenvalue weighted by Crippen LogP contribution is 2.34. The Morgan fingerprint density at radius 1 is 1.18 bits per heavy atom. The predicted octanol–water partition coefficient (Wildman–Crippen LogP) is 0.839. The van der Waals surface area contributed by atoms with E-state index in [4.69, 9.17) is 10.2 Å². The van der Waals surface area contributed by atoms with Crippen LogP contribution in [0.5, 0.6) is 0 Å². The Hall–Kier alpha value is -2.08. The highest BCUT2D eigenvalue weighted by atomic mass is 16.4. The third kappa shape index (κ3) is 1.83. The van der Waals surface area contributed by atoms with Gasteiger partial charge in [0, 0.05) is 0 Å². The van der Waals surface area contributed by atoms with Gasteiger partial charge < -0.3 is 15.3 Å². The van der Waals surface area contributed by atoms with Crippen LogP contribution in [0.4, 0.5) is 4.79 Å². The van der Waals surface area contributed by atoms with Gasteiger partial charge in [-0.05, 0) is 11.1 Å². The first-order valence-corrected chi connectivity index (χ1v) is 5.01. The van der Waals surface area contributed by atoms with Crippen LogP contribution in [0.1, 0.15) is 23.3 Å². The number of hydrogen-bond acceptors (Lipinski definition) is 3. The van der Waals surface area contributed by atoms with E-state index in [2.05, 4.69) is 0 Å². The molecule has 0 radical (unpaired) electrons. The van der Waals surface area contributed by atoms with Gasteiger partial charge in [0.05, 0.1) is 12.6 Å². The Morgan fingerprint density at radius 3 is 2.29 bits per heavy atom. The molecule has 1 aliphatic rings. The zero-order valence-corrected chi connectivity index (χ0v) is 8.78. The number of rotatable bonds is 1. The molecule has 1 aromatic carbocycles. The van der Waals surface area contributed by atoms with Gasteiger partial charge in [0.25, 0.3) is 0 Å². The third-order valence-corrected chi connectivity index (χ3v) is 2.81. The van der Waals surface area contributed by atoms with Crippen molar-refractivity contribution in [3.8, 4) is 0 Å². The van der Waals surface area contributed by atoms with Crippen LogP contribution in [0, 0.1) is 0 Å². The van der Waals surface area contributed by atoms with Crippen molar-refractivity contribution in [1.29, 1.82) is 0 Å². The van der Waals surface area contributed by atoms with E-state index in [1.807, 2.05) is 0 Å². The van der Waals surface area contributed by atoms with Crippen LogP contribution in [-0.2, 0) is 4.79 Å². The SMILES string of the molecule is O=C(O)[C@H]1c2ccccc2[C@@H](O)CN1C(=O)O. The fourth-order valence-corrected chi connectivity index (χ4v) is 2.08. The lowest BCUT2D eigenvalue weighted by Gasteiger charge is -2.35. The number of carboxylic acids is 1. The van der Waals surface area contributed by atoms with Crippen molar-refractivity contribution in [1.82, 2.24) is 4.90 Å². The minimum absolute atomic E-state index is 0.233. The Bertz CT molecular complexity index is 473. The molecule has 3 N–H and O–H groups in total. The van der Waals surface area contributed by atoms with Gasteiger partial charge in [-0.1, -0.05) is 24.3 Å². The second-order valence-corrected chi connectivity index (χ2v) is 3.82. The van der Waals surface area contributed by atoms with Gasteiger partial charge in [-0.25, -0.2) is 9.59 Å². The predicted molar refractivity (Wildman–Crippen MR) is 56.5 cm³/mol. The topological polar surface area (TPSA) is 98.1 Å². The highest BCUT2D eigenvalue weighted by molar-refractivity contribution is 5.82. The van der Waals surface area contributed by atoms with Crippen molar-refractivity contribution < 1.29 is 24.9 Å². The molecule has 17 heavy (non-hydrogen) atoms. The minimum Gasteiger partial charge on any atom is -0.479 e. The van der Waals surface area contributed by atoms with Crippen LogP contribution in [0.2, 0.25) is 0 Å². The van der Waals surface area contributed by atoms with Crippen LogP contribution < -0.4 is 0 Å². The van der Waals surface area contributed by atoms with Crippen LogP contribution in [0.15, 0.2) is 24.3 Å². The molecule has 0 spiro atoms. The van der Waals surface area contributed by atoms with Crippen LogP contribution in [-0.4, -0.2) is 38.8 Å². The van der Waals surface area contributed by atoms with Crippen molar-refractivity contribution in [3.63, 3.8) is 0 Å². The summed E-state index contributed by atoms with van der Waals surface area (Å²) in [5.74, 6) is -1.24. The van der Waals surface area contributed by atoms with E-state index in [0.29, 0.717) is 11.1 Å². The Labute approximate surface area is 96.7 Å². The van der Waals surface area contributed by atoms with Crippen LogP contribution in [0.25, 0.3) is 0 Å². The van der Waals surface area contributed by atoms with Gasteiger partial charge in [-0.3, -0.25) is 4.90 Å². The lowest BCUT2D eigenvalue weighted by Crippen LogP contribution is -2.44. The molecule has 0 aromatic heterocycles. The molecular formula is C11H11NO5. The maximum absolute atomic E-state index is 11.2. The highest BCUT2D eigenvalue weighted by Gasteiger charge is 2.39. The molecule has 0 aliphatic carbocycles. The third-order valence-electron chi connectivity index (χ3n) is 2.81. The number of nitrogens with zero attached hydrogens (tertiary/aromatic N) is 1. The fourth-order valence-electron chi connectivity index (χ4n) is 2.08. The van der Waals surface area contributed by atoms with Gasteiger partial charge in [0.2, 0.25) is 0 Å². The van der Waals surface area contributed by atoms with Crippen LogP contribution in [0.3, 0.4) is 0 Å². The van der Waals surface area contributed by atoms with E-state index in [9.17, 15) is 14.7 Å². The first-order chi connectivity index (χ1) is 8.02. The molecule has 1 aliphatic heterocycles. The lowest BCUT2D eigenvalue weighted by atomic mass is 9.91. The number of aliphatic hydroxyl groups is 1. The molecule has 1 heterocycles. The number of aliphatic carboxylic acids is 1. The molecule has 1 amide bonds. The zero-order valence-electron chi connectivity index (χ0n) is 8.78. The van der Waals surface area contributed by atoms with Crippen LogP contribution >= 0.6 is 0 Å². The molecule has 1 aromatic rings. The number of β-amino-alcohol motifs (C(OH)–C–C–N with tert-alkyl or cyclic N) is 1. The molecule has 0 fully saturated rings. The average molecular weight is 237 g/mol. The molecule has 2 atom stereocenters. The van der Waals surface area contributed by atoms with Crippen molar-refractivity contribution in [2.24, 2.45) is 0 Å². The molecule has 6 nitrogen and oxygen atoms in total. The number of fused-ring (bicyclic) bond motifs is 1. The quantitative estimate of drug-likeness (QED) is 0.672. The number of hydrogen-bond donors (Lipinski definition) is 3. The van der Waals surface area contributed by atoms with E-state index in [1.54, 1.807) is 18.2 Å². The molecule has 0 bridgehead atoms. The molecular weight excluding hydrogens is 226 g/mol. The maximum atomic E-state index is 11.2. The summed E-state index contributed by atoms with van der Waals surface area (Å²) in [6, 6.07) is 5.17. The summed E-state index contributed by atoms with van der Waals surface area (Å²) in [5.41, 5.74) is 0.790. The van der Waals surface area contributed by atoms with Gasteiger partial charge in [0.15, 0.2) is 6.04 Å². The molecule has 90 valence electrons. The second kappa shape index (κ2) is 4.06. The Balaban J connectivity index is 2.54. The standard InChI is InChI=1S/C11H11NO5/c13-8-5-12(11(16)17)9(10(14)15)7-4-2-1-3-6(7)8/h1-4,8-9,13H,5H2,(H,14,15)(H,16,17)/t8-,9+/m0/s1. The number of amides is 1. The van der Waals surface area contributed by atoms with Crippen molar-refractivity contribution in [2.45, 2.75) is 12.1 Å². The summed E-state index contributed by atoms with van der Waals surface area (Å²) in [6.45, 7) is -0.233. The maximum Gasteiger partial charge on any atom is 0.408 e. The summed E-state index contributed by atoms with van der Waals surface area (Å²) in [6.07, 6.45) is -2.34. The Kier molecular flexibility index (Phi) is 2.72. The number of aliphatic hydroxyl groups excluding tert-OH is 1. The first-order valence-electron chi connectivity index (χ1n) is 5.01. The molecule has 0 saturated heterocycles. The van der Waals surface area contributed by atoms with E-state index >= 15 is 0 Å². The summed E-state index contributed by atoms with van der Waals surface area (Å²) in [7, 11) is 0. The number of carbonyl (C=O) groups is 2. The van der Waals surface area contributed by atoms with Gasteiger partial charge in [-0.2, -0.15) is 0 Å². The second-order valence-electron chi connectivity index (χ2n) is 3.82. The van der Waals surface area contributed by atoms with E-state index in [-0.39, 0.29) is 6.54 Å². The summed E-state index contributed by atoms with van der Waals surface area (Å²) in [4.78, 5) is 22.9. The summed E-state index contributed by atoms with van der Waals surface area (Å²) < 4.78 is 0. The minimum atomic E-state index is -1.36. The first kappa shape index (κ1) is 11.4. The summed E-state index contributed by atoms with van der Waals surface area (Å²) >= 11 is 0. The van der Waals surface area contributed by atoms with Gasteiger partial charge in [0.1, 0.15) is 0 Å². The smallest absolute Gasteiger partial charge is 0.408 e.